The van der Waals surface area contributed by atoms with Gasteiger partial charge in [-0.05, 0) is 45.6 Å². The summed E-state index contributed by atoms with van der Waals surface area (Å²) in [5, 5.41) is 13.0. The van der Waals surface area contributed by atoms with E-state index in [9.17, 15) is 5.11 Å². The van der Waals surface area contributed by atoms with Crippen LogP contribution in [-0.2, 0) is 9.47 Å². The molecule has 0 amide bonds. The summed E-state index contributed by atoms with van der Waals surface area (Å²) < 4.78 is 10.5. The minimum Gasteiger partial charge on any atom is -0.389 e. The monoisotopic (exact) mass is 271 g/mol. The zero-order valence-electron chi connectivity index (χ0n) is 12.2. The number of hydrogen-bond donors (Lipinski definition) is 2. The molecular weight excluding hydrogens is 242 g/mol. The third kappa shape index (κ3) is 9.16. The van der Waals surface area contributed by atoms with Crippen molar-refractivity contribution in [3.05, 3.63) is 11.6 Å². The molecule has 1 aliphatic rings. The molecule has 0 aliphatic heterocycles. The van der Waals surface area contributed by atoms with Crippen molar-refractivity contribution in [3.8, 4) is 0 Å². The van der Waals surface area contributed by atoms with Crippen molar-refractivity contribution < 1.29 is 14.6 Å². The molecule has 1 rings (SSSR count). The SMILES string of the molecule is CCOCCOCC(O)CNCCC1=CCCCC1. The molecule has 0 fully saturated rings. The maximum atomic E-state index is 9.70. The molecule has 0 aromatic heterocycles. The predicted molar refractivity (Wildman–Crippen MR) is 77.4 cm³/mol. The van der Waals surface area contributed by atoms with Gasteiger partial charge in [-0.3, -0.25) is 0 Å². The normalized spacial score (nSPS) is 17.3. The quantitative estimate of drug-likeness (QED) is 0.445. The molecule has 0 saturated heterocycles. The Morgan fingerprint density at radius 3 is 2.89 bits per heavy atom. The molecule has 1 aliphatic carbocycles. The third-order valence-corrected chi connectivity index (χ3v) is 3.27. The van der Waals surface area contributed by atoms with Crippen molar-refractivity contribution in [1.82, 2.24) is 5.32 Å². The standard InChI is InChI=1S/C15H29NO3/c1-2-18-10-11-19-13-15(17)12-16-9-8-14-6-4-3-5-7-14/h6,15-17H,2-5,7-13H2,1H3. The zero-order chi connectivity index (χ0) is 13.8. The summed E-state index contributed by atoms with van der Waals surface area (Å²) in [5.41, 5.74) is 1.57. The van der Waals surface area contributed by atoms with Gasteiger partial charge in [0.1, 0.15) is 0 Å². The summed E-state index contributed by atoms with van der Waals surface area (Å²) >= 11 is 0. The van der Waals surface area contributed by atoms with Crippen LogP contribution in [0, 0.1) is 0 Å². The number of ether oxygens (including phenoxy) is 2. The van der Waals surface area contributed by atoms with Gasteiger partial charge < -0.3 is 19.9 Å². The van der Waals surface area contributed by atoms with E-state index in [0.29, 0.717) is 33.0 Å². The molecule has 1 unspecified atom stereocenters. The van der Waals surface area contributed by atoms with E-state index in [0.717, 1.165) is 13.0 Å². The van der Waals surface area contributed by atoms with E-state index in [1.165, 1.54) is 25.7 Å². The smallest absolute Gasteiger partial charge is 0.0897 e. The fourth-order valence-corrected chi connectivity index (χ4v) is 2.19. The Morgan fingerprint density at radius 1 is 1.32 bits per heavy atom. The van der Waals surface area contributed by atoms with Crippen LogP contribution in [0.1, 0.15) is 39.0 Å². The number of allylic oxidation sites excluding steroid dienone is 1. The number of rotatable bonds is 11. The number of hydrogen-bond acceptors (Lipinski definition) is 4. The van der Waals surface area contributed by atoms with Gasteiger partial charge in [0.05, 0.1) is 25.9 Å². The van der Waals surface area contributed by atoms with Crippen LogP contribution in [-0.4, -0.2) is 50.7 Å². The molecular formula is C15H29NO3. The van der Waals surface area contributed by atoms with E-state index in [1.807, 2.05) is 6.92 Å². The van der Waals surface area contributed by atoms with E-state index < -0.39 is 6.10 Å². The Kier molecular flexibility index (Phi) is 9.99. The lowest BCUT2D eigenvalue weighted by Gasteiger charge is -2.15. The second-order valence-electron chi connectivity index (χ2n) is 4.99. The van der Waals surface area contributed by atoms with Gasteiger partial charge in [0, 0.05) is 13.2 Å². The average molecular weight is 271 g/mol. The Hall–Kier alpha value is -0.420. The lowest BCUT2D eigenvalue weighted by atomic mass is 9.97. The first-order valence-electron chi connectivity index (χ1n) is 7.55. The summed E-state index contributed by atoms with van der Waals surface area (Å²) in [6, 6.07) is 0. The van der Waals surface area contributed by atoms with Crippen molar-refractivity contribution >= 4 is 0 Å². The second-order valence-corrected chi connectivity index (χ2v) is 4.99. The summed E-state index contributed by atoms with van der Waals surface area (Å²) in [5.74, 6) is 0. The number of nitrogens with one attached hydrogen (secondary N) is 1. The molecule has 0 saturated carbocycles. The Balaban J connectivity index is 1.89. The first-order valence-corrected chi connectivity index (χ1v) is 7.55. The highest BCUT2D eigenvalue weighted by Gasteiger charge is 2.05. The predicted octanol–water partition coefficient (Wildman–Crippen LogP) is 1.88. The summed E-state index contributed by atoms with van der Waals surface area (Å²) in [6.45, 7) is 5.75. The number of aliphatic hydroxyl groups is 1. The molecule has 0 bridgehead atoms. The van der Waals surface area contributed by atoms with Crippen LogP contribution in [0.5, 0.6) is 0 Å². The first kappa shape index (κ1) is 16.6. The maximum absolute atomic E-state index is 9.70. The molecule has 0 spiro atoms. The van der Waals surface area contributed by atoms with Crippen LogP contribution in [0.3, 0.4) is 0 Å². The van der Waals surface area contributed by atoms with Crippen LogP contribution in [0.4, 0.5) is 0 Å². The summed E-state index contributed by atoms with van der Waals surface area (Å²) in [6.07, 6.45) is 8.23. The fraction of sp³-hybridized carbons (Fsp3) is 0.867. The van der Waals surface area contributed by atoms with Gasteiger partial charge in [-0.1, -0.05) is 11.6 Å². The van der Waals surface area contributed by atoms with Crippen molar-refractivity contribution in [3.63, 3.8) is 0 Å². The molecule has 4 heteroatoms. The highest BCUT2D eigenvalue weighted by Crippen LogP contribution is 2.19. The Labute approximate surface area is 117 Å². The van der Waals surface area contributed by atoms with Crippen LogP contribution in [0.2, 0.25) is 0 Å². The van der Waals surface area contributed by atoms with Crippen LogP contribution >= 0.6 is 0 Å². The first-order chi connectivity index (χ1) is 9.33. The highest BCUT2D eigenvalue weighted by molar-refractivity contribution is 5.05. The van der Waals surface area contributed by atoms with Gasteiger partial charge in [0.2, 0.25) is 0 Å². The largest absolute Gasteiger partial charge is 0.389 e. The van der Waals surface area contributed by atoms with Gasteiger partial charge in [-0.15, -0.1) is 0 Å². The third-order valence-electron chi connectivity index (χ3n) is 3.27. The molecule has 112 valence electrons. The highest BCUT2D eigenvalue weighted by atomic mass is 16.5. The molecule has 19 heavy (non-hydrogen) atoms. The topological polar surface area (TPSA) is 50.7 Å². The summed E-state index contributed by atoms with van der Waals surface area (Å²) in [4.78, 5) is 0. The van der Waals surface area contributed by atoms with E-state index >= 15 is 0 Å². The summed E-state index contributed by atoms with van der Waals surface area (Å²) in [7, 11) is 0. The van der Waals surface area contributed by atoms with Gasteiger partial charge in [0.25, 0.3) is 0 Å². The van der Waals surface area contributed by atoms with E-state index in [1.54, 1.807) is 5.57 Å². The molecule has 2 N–H and O–H groups in total. The van der Waals surface area contributed by atoms with Crippen molar-refractivity contribution in [2.45, 2.75) is 45.1 Å². The molecule has 0 heterocycles. The lowest BCUT2D eigenvalue weighted by Crippen LogP contribution is -2.31. The zero-order valence-corrected chi connectivity index (χ0v) is 12.2. The van der Waals surface area contributed by atoms with Gasteiger partial charge in [0.15, 0.2) is 0 Å². The molecule has 4 nitrogen and oxygen atoms in total. The number of aliphatic hydroxyl groups excluding tert-OH is 1. The van der Waals surface area contributed by atoms with E-state index in [4.69, 9.17) is 9.47 Å². The fourth-order valence-electron chi connectivity index (χ4n) is 2.19. The lowest BCUT2D eigenvalue weighted by molar-refractivity contribution is 0.00659. The van der Waals surface area contributed by atoms with Crippen molar-refractivity contribution in [1.29, 1.82) is 0 Å². The van der Waals surface area contributed by atoms with Gasteiger partial charge in [-0.25, -0.2) is 0 Å². The molecule has 1 atom stereocenters. The average Bonchev–Trinajstić information content (AvgIpc) is 2.44. The van der Waals surface area contributed by atoms with Crippen LogP contribution < -0.4 is 5.32 Å². The van der Waals surface area contributed by atoms with Gasteiger partial charge in [-0.2, -0.15) is 0 Å². The van der Waals surface area contributed by atoms with Crippen LogP contribution in [0.15, 0.2) is 11.6 Å². The molecule has 0 aromatic carbocycles. The van der Waals surface area contributed by atoms with E-state index in [2.05, 4.69) is 11.4 Å². The minimum absolute atomic E-state index is 0.378. The second kappa shape index (κ2) is 11.4. The Morgan fingerprint density at radius 2 is 2.16 bits per heavy atom. The van der Waals surface area contributed by atoms with E-state index in [-0.39, 0.29) is 0 Å². The van der Waals surface area contributed by atoms with Gasteiger partial charge >= 0.3 is 0 Å². The Bertz CT molecular complexity index is 244. The molecule has 0 aromatic rings. The van der Waals surface area contributed by atoms with Crippen molar-refractivity contribution in [2.75, 3.05) is 39.5 Å². The van der Waals surface area contributed by atoms with Crippen LogP contribution in [0.25, 0.3) is 0 Å². The van der Waals surface area contributed by atoms with Crippen molar-refractivity contribution in [2.24, 2.45) is 0 Å². The maximum Gasteiger partial charge on any atom is 0.0897 e. The minimum atomic E-state index is -0.429. The molecule has 0 radical (unpaired) electrons.